The van der Waals surface area contributed by atoms with Crippen LogP contribution in [0.1, 0.15) is 42.1 Å². The summed E-state index contributed by atoms with van der Waals surface area (Å²) in [5.74, 6) is 6.19. The van der Waals surface area contributed by atoms with Crippen LogP contribution in [-0.4, -0.2) is 36.2 Å². The van der Waals surface area contributed by atoms with E-state index in [1.54, 1.807) is 26.0 Å². The van der Waals surface area contributed by atoms with E-state index >= 15 is 0 Å². The molecule has 1 atom stereocenters. The second-order valence-corrected chi connectivity index (χ2v) is 7.57. The highest BCUT2D eigenvalue weighted by Crippen LogP contribution is 2.26. The van der Waals surface area contributed by atoms with E-state index in [0.717, 1.165) is 19.5 Å². The van der Waals surface area contributed by atoms with Crippen LogP contribution in [0.3, 0.4) is 0 Å². The van der Waals surface area contributed by atoms with Crippen LogP contribution >= 0.6 is 0 Å². The lowest BCUT2D eigenvalue weighted by Crippen LogP contribution is -2.30. The summed E-state index contributed by atoms with van der Waals surface area (Å²) in [6.45, 7) is 7.87. The van der Waals surface area contributed by atoms with Crippen LogP contribution in [0, 0.1) is 24.7 Å². The summed E-state index contributed by atoms with van der Waals surface area (Å²) in [6.07, 6.45) is 1.05. The number of rotatable bonds is 4. The molecule has 142 valence electrons. The molecule has 1 aliphatic heterocycles. The summed E-state index contributed by atoms with van der Waals surface area (Å²) in [5, 5.41) is 12.6. The zero-order valence-electron chi connectivity index (χ0n) is 16.1. The molecular weight excluding hydrogens is 340 g/mol. The first-order valence-electron chi connectivity index (χ1n) is 9.26. The summed E-state index contributed by atoms with van der Waals surface area (Å²) in [5.41, 5.74) is 1.45. The summed E-state index contributed by atoms with van der Waals surface area (Å²) < 4.78 is 5.46. The molecular formula is C22H26N2O3. The van der Waals surface area contributed by atoms with Crippen LogP contribution in [-0.2, 0) is 0 Å². The maximum absolute atomic E-state index is 12.3. The minimum absolute atomic E-state index is 0.236. The number of aryl methyl sites for hydroxylation is 1. The molecule has 0 saturated carbocycles. The number of para-hydroxylation sites is 1. The molecule has 1 fully saturated rings. The first kappa shape index (κ1) is 19.1. The highest BCUT2D eigenvalue weighted by Gasteiger charge is 2.24. The first-order valence-corrected chi connectivity index (χ1v) is 9.26. The molecule has 0 radical (unpaired) electrons. The van der Waals surface area contributed by atoms with Gasteiger partial charge in [0, 0.05) is 25.3 Å². The Balaban J connectivity index is 1.52. The molecule has 5 heteroatoms. The van der Waals surface area contributed by atoms with Crippen molar-refractivity contribution in [1.29, 1.82) is 0 Å². The van der Waals surface area contributed by atoms with Gasteiger partial charge in [-0.15, -0.1) is 0 Å². The molecule has 5 nitrogen and oxygen atoms in total. The van der Waals surface area contributed by atoms with E-state index in [1.165, 1.54) is 11.3 Å². The van der Waals surface area contributed by atoms with Crippen molar-refractivity contribution in [2.45, 2.75) is 32.8 Å². The third-order valence-electron chi connectivity index (χ3n) is 4.61. The standard InChI is InChI=1S/C22H26N2O3/c1-16-6-4-5-7-19(16)24-13-11-17(15-24)14-23-21(25)20-9-8-18(27-20)10-12-22(2,3)26/h4-9,17,26H,11,13-15H2,1-3H3,(H,23,25)/t17-/m1/s1. The minimum atomic E-state index is -1.10. The fourth-order valence-electron chi connectivity index (χ4n) is 3.20. The number of carbonyl (C=O) groups is 1. The van der Waals surface area contributed by atoms with Crippen LogP contribution in [0.25, 0.3) is 0 Å². The molecule has 3 rings (SSSR count). The van der Waals surface area contributed by atoms with Gasteiger partial charge in [-0.1, -0.05) is 24.1 Å². The number of carbonyl (C=O) groups excluding carboxylic acids is 1. The number of hydrogen-bond acceptors (Lipinski definition) is 4. The Morgan fingerprint density at radius 1 is 1.33 bits per heavy atom. The number of hydrogen-bond donors (Lipinski definition) is 2. The number of anilines is 1. The fraction of sp³-hybridized carbons (Fsp3) is 0.409. The van der Waals surface area contributed by atoms with Crippen molar-refractivity contribution < 1.29 is 14.3 Å². The highest BCUT2D eigenvalue weighted by molar-refractivity contribution is 5.91. The average Bonchev–Trinajstić information content (AvgIpc) is 3.27. The third kappa shape index (κ3) is 5.15. The van der Waals surface area contributed by atoms with Gasteiger partial charge in [0.2, 0.25) is 0 Å². The number of nitrogens with one attached hydrogen (secondary N) is 1. The molecule has 2 aromatic rings. The van der Waals surface area contributed by atoms with Crippen molar-refractivity contribution in [1.82, 2.24) is 5.32 Å². The number of furan rings is 1. The van der Waals surface area contributed by atoms with Gasteiger partial charge < -0.3 is 19.7 Å². The summed E-state index contributed by atoms with van der Waals surface area (Å²) in [6, 6.07) is 11.6. The molecule has 2 heterocycles. The fourth-order valence-corrected chi connectivity index (χ4v) is 3.20. The molecule has 0 spiro atoms. The van der Waals surface area contributed by atoms with Gasteiger partial charge in [-0.05, 0) is 62.8 Å². The molecule has 1 aliphatic rings. The Hall–Kier alpha value is -2.71. The van der Waals surface area contributed by atoms with Gasteiger partial charge in [0.25, 0.3) is 5.91 Å². The zero-order chi connectivity index (χ0) is 19.4. The van der Waals surface area contributed by atoms with Gasteiger partial charge in [0.1, 0.15) is 5.60 Å². The van der Waals surface area contributed by atoms with Gasteiger partial charge in [0.15, 0.2) is 11.5 Å². The average molecular weight is 366 g/mol. The Kier molecular flexibility index (Phi) is 5.57. The van der Waals surface area contributed by atoms with Gasteiger partial charge in [-0.3, -0.25) is 4.79 Å². The van der Waals surface area contributed by atoms with Crippen LogP contribution in [0.15, 0.2) is 40.8 Å². The Morgan fingerprint density at radius 2 is 2.11 bits per heavy atom. The Bertz CT molecular complexity index is 867. The zero-order valence-corrected chi connectivity index (χ0v) is 16.1. The summed E-state index contributed by atoms with van der Waals surface area (Å²) >= 11 is 0. The van der Waals surface area contributed by atoms with Crippen LogP contribution in [0.5, 0.6) is 0 Å². The van der Waals surface area contributed by atoms with Gasteiger partial charge >= 0.3 is 0 Å². The summed E-state index contributed by atoms with van der Waals surface area (Å²) in [4.78, 5) is 14.7. The van der Waals surface area contributed by atoms with E-state index in [4.69, 9.17) is 4.42 Å². The van der Waals surface area contributed by atoms with Gasteiger partial charge in [0.05, 0.1) is 0 Å². The molecule has 1 amide bonds. The maximum Gasteiger partial charge on any atom is 0.287 e. The topological polar surface area (TPSA) is 65.7 Å². The second kappa shape index (κ2) is 7.89. The molecule has 2 N–H and O–H groups in total. The second-order valence-electron chi connectivity index (χ2n) is 7.57. The normalized spacial score (nSPS) is 16.7. The van der Waals surface area contributed by atoms with Crippen LogP contribution < -0.4 is 10.2 Å². The van der Waals surface area contributed by atoms with E-state index in [9.17, 15) is 9.90 Å². The molecule has 0 aliphatic carbocycles. The van der Waals surface area contributed by atoms with Crippen molar-refractivity contribution in [2.75, 3.05) is 24.5 Å². The molecule has 1 aromatic heterocycles. The quantitative estimate of drug-likeness (QED) is 0.817. The van der Waals surface area contributed by atoms with Crippen LogP contribution in [0.4, 0.5) is 5.69 Å². The number of nitrogens with zero attached hydrogens (tertiary/aromatic N) is 1. The van der Waals surface area contributed by atoms with Crippen molar-refractivity contribution in [3.63, 3.8) is 0 Å². The van der Waals surface area contributed by atoms with Crippen molar-refractivity contribution in [3.8, 4) is 11.8 Å². The van der Waals surface area contributed by atoms with E-state index in [-0.39, 0.29) is 11.7 Å². The number of benzene rings is 1. The third-order valence-corrected chi connectivity index (χ3v) is 4.61. The smallest absolute Gasteiger partial charge is 0.287 e. The lowest BCUT2D eigenvalue weighted by atomic mass is 10.1. The SMILES string of the molecule is Cc1ccccc1N1CC[C@H](CNC(=O)c2ccc(C#CC(C)(C)O)o2)C1. The maximum atomic E-state index is 12.3. The minimum Gasteiger partial charge on any atom is -0.443 e. The predicted molar refractivity (Wildman–Crippen MR) is 106 cm³/mol. The van der Waals surface area contributed by atoms with E-state index in [0.29, 0.717) is 18.2 Å². The predicted octanol–water partition coefficient (Wildman–Crippen LogP) is 2.97. The van der Waals surface area contributed by atoms with E-state index < -0.39 is 5.60 Å². The van der Waals surface area contributed by atoms with Crippen molar-refractivity contribution in [2.24, 2.45) is 5.92 Å². The largest absolute Gasteiger partial charge is 0.443 e. The van der Waals surface area contributed by atoms with Gasteiger partial charge in [-0.25, -0.2) is 0 Å². The van der Waals surface area contributed by atoms with E-state index in [1.807, 2.05) is 0 Å². The Labute approximate surface area is 160 Å². The molecule has 1 saturated heterocycles. The number of aliphatic hydroxyl groups is 1. The lowest BCUT2D eigenvalue weighted by molar-refractivity contribution is 0.0920. The first-order chi connectivity index (χ1) is 12.8. The van der Waals surface area contributed by atoms with Crippen LogP contribution in [0.2, 0.25) is 0 Å². The van der Waals surface area contributed by atoms with Gasteiger partial charge in [-0.2, -0.15) is 0 Å². The monoisotopic (exact) mass is 366 g/mol. The molecule has 0 unspecified atom stereocenters. The van der Waals surface area contributed by atoms with Crippen molar-refractivity contribution in [3.05, 3.63) is 53.5 Å². The van der Waals surface area contributed by atoms with Crippen molar-refractivity contribution >= 4 is 11.6 Å². The highest BCUT2D eigenvalue weighted by atomic mass is 16.3. The molecule has 1 aromatic carbocycles. The molecule has 27 heavy (non-hydrogen) atoms. The molecule has 0 bridgehead atoms. The Morgan fingerprint density at radius 3 is 2.85 bits per heavy atom. The van der Waals surface area contributed by atoms with E-state index in [2.05, 4.69) is 53.2 Å². The number of amides is 1. The summed E-state index contributed by atoms with van der Waals surface area (Å²) in [7, 11) is 0. The lowest BCUT2D eigenvalue weighted by Gasteiger charge is -2.21.